The minimum Gasteiger partial charge on any atom is -0.353 e. The molecule has 9 heteroatoms. The predicted octanol–water partition coefficient (Wildman–Crippen LogP) is 6.37. The van der Waals surface area contributed by atoms with E-state index in [-0.39, 0.29) is 17.4 Å². The molecule has 2 aromatic carbocycles. The van der Waals surface area contributed by atoms with E-state index < -0.39 is 5.41 Å². The minimum atomic E-state index is -0.396. The van der Waals surface area contributed by atoms with E-state index in [2.05, 4.69) is 36.3 Å². The summed E-state index contributed by atoms with van der Waals surface area (Å²) in [6.45, 7) is 16.9. The quantitative estimate of drug-likeness (QED) is 0.299. The van der Waals surface area contributed by atoms with E-state index in [0.717, 1.165) is 33.5 Å². The Kier molecular flexibility index (Phi) is 7.70. The molecular weight excluding hydrogens is 526 g/mol. The maximum atomic E-state index is 13.4. The van der Waals surface area contributed by atoms with Gasteiger partial charge in [-0.05, 0) is 19.1 Å². The van der Waals surface area contributed by atoms with Crippen LogP contribution in [0.2, 0.25) is 0 Å². The third-order valence-electron chi connectivity index (χ3n) is 7.53. The molecule has 2 aromatic heterocycles. The van der Waals surface area contributed by atoms with Crippen molar-refractivity contribution in [3.05, 3.63) is 72.1 Å². The predicted molar refractivity (Wildman–Crippen MR) is 170 cm³/mol. The third-order valence-corrected chi connectivity index (χ3v) is 7.53. The minimum absolute atomic E-state index is 0.170. The van der Waals surface area contributed by atoms with Gasteiger partial charge in [0.25, 0.3) is 0 Å². The van der Waals surface area contributed by atoms with Gasteiger partial charge in [-0.15, -0.1) is 0 Å². The summed E-state index contributed by atoms with van der Waals surface area (Å²) in [7, 11) is 0. The van der Waals surface area contributed by atoms with Crippen LogP contribution in [0.5, 0.6) is 0 Å². The van der Waals surface area contributed by atoms with Gasteiger partial charge < -0.3 is 15.1 Å². The van der Waals surface area contributed by atoms with Crippen LogP contribution < -0.4 is 15.5 Å². The number of fused-ring (bicyclic) bond motifs is 1. The fraction of sp³-hybridized carbons (Fsp3) is 0.394. The molecule has 0 atom stereocenters. The van der Waals surface area contributed by atoms with Crippen molar-refractivity contribution in [3.63, 3.8) is 0 Å². The van der Waals surface area contributed by atoms with Crippen molar-refractivity contribution < 1.29 is 9.59 Å². The standard InChI is InChI=1S/C33H41N7O2/c1-22-12-14-23(15-13-22)40-28(20-27(37-40)32(2,3)4)36-31(42)35-26-21-34-29(25-11-9-8-10-24(25)26)38-16-18-39(19-17-38)30(41)33(5,6)7/h8-15,20-21H,16-19H2,1-7H3,(H2,35,36,42). The van der Waals surface area contributed by atoms with Gasteiger partial charge in [0.15, 0.2) is 0 Å². The monoisotopic (exact) mass is 567 g/mol. The summed E-state index contributed by atoms with van der Waals surface area (Å²) in [5, 5.41) is 12.7. The van der Waals surface area contributed by atoms with Crippen LogP contribution in [0.15, 0.2) is 60.8 Å². The first kappa shape index (κ1) is 29.1. The highest BCUT2D eigenvalue weighted by Crippen LogP contribution is 2.32. The maximum Gasteiger partial charge on any atom is 0.324 e. The lowest BCUT2D eigenvalue weighted by molar-refractivity contribution is -0.139. The number of rotatable bonds is 4. The van der Waals surface area contributed by atoms with Crippen molar-refractivity contribution in [2.45, 2.75) is 53.9 Å². The molecule has 4 aromatic rings. The van der Waals surface area contributed by atoms with Gasteiger partial charge in [0.2, 0.25) is 5.91 Å². The molecule has 0 saturated carbocycles. The highest BCUT2D eigenvalue weighted by Gasteiger charge is 2.30. The van der Waals surface area contributed by atoms with Crippen LogP contribution in [-0.4, -0.2) is 57.8 Å². The Hall–Kier alpha value is -4.40. The Balaban J connectivity index is 1.37. The van der Waals surface area contributed by atoms with Crippen molar-refractivity contribution in [2.75, 3.05) is 41.7 Å². The van der Waals surface area contributed by atoms with Gasteiger partial charge >= 0.3 is 6.03 Å². The van der Waals surface area contributed by atoms with E-state index in [4.69, 9.17) is 10.1 Å². The van der Waals surface area contributed by atoms with E-state index in [1.54, 1.807) is 10.9 Å². The van der Waals surface area contributed by atoms with E-state index in [9.17, 15) is 9.59 Å². The van der Waals surface area contributed by atoms with Crippen LogP contribution in [-0.2, 0) is 10.2 Å². The number of benzene rings is 2. The molecule has 220 valence electrons. The largest absolute Gasteiger partial charge is 0.353 e. The maximum absolute atomic E-state index is 13.4. The number of hydrogen-bond donors (Lipinski definition) is 2. The van der Waals surface area contributed by atoms with Gasteiger partial charge in [-0.1, -0.05) is 83.5 Å². The molecular formula is C33H41N7O2. The van der Waals surface area contributed by atoms with Gasteiger partial charge in [-0.25, -0.2) is 14.5 Å². The molecule has 0 radical (unpaired) electrons. The van der Waals surface area contributed by atoms with Crippen molar-refractivity contribution in [2.24, 2.45) is 5.41 Å². The zero-order valence-corrected chi connectivity index (χ0v) is 25.7. The van der Waals surface area contributed by atoms with Crippen molar-refractivity contribution >= 4 is 40.0 Å². The Morgan fingerprint density at radius 2 is 1.48 bits per heavy atom. The number of urea groups is 1. The molecule has 0 bridgehead atoms. The number of hydrogen-bond acceptors (Lipinski definition) is 5. The number of piperazine rings is 1. The first-order valence-corrected chi connectivity index (χ1v) is 14.5. The lowest BCUT2D eigenvalue weighted by atomic mass is 9.92. The number of nitrogens with one attached hydrogen (secondary N) is 2. The Morgan fingerprint density at radius 1 is 0.833 bits per heavy atom. The fourth-order valence-corrected chi connectivity index (χ4v) is 5.11. The first-order valence-electron chi connectivity index (χ1n) is 14.5. The van der Waals surface area contributed by atoms with Crippen LogP contribution in [0, 0.1) is 12.3 Å². The van der Waals surface area contributed by atoms with Crippen LogP contribution >= 0.6 is 0 Å². The van der Waals surface area contributed by atoms with Crippen molar-refractivity contribution in [3.8, 4) is 5.69 Å². The number of aryl methyl sites for hydroxylation is 1. The zero-order chi connectivity index (χ0) is 30.2. The van der Waals surface area contributed by atoms with Crippen LogP contribution in [0.3, 0.4) is 0 Å². The van der Waals surface area contributed by atoms with Crippen molar-refractivity contribution in [1.82, 2.24) is 19.7 Å². The summed E-state index contributed by atoms with van der Waals surface area (Å²) in [6.07, 6.45) is 1.71. The van der Waals surface area contributed by atoms with Crippen molar-refractivity contribution in [1.29, 1.82) is 0 Å². The molecule has 9 nitrogen and oxygen atoms in total. The molecule has 1 aliphatic heterocycles. The molecule has 0 unspecified atom stereocenters. The van der Waals surface area contributed by atoms with Gasteiger partial charge in [0.1, 0.15) is 11.6 Å². The first-order chi connectivity index (χ1) is 19.8. The Bertz CT molecular complexity index is 1600. The van der Waals surface area contributed by atoms with Crippen LogP contribution in [0.25, 0.3) is 16.5 Å². The third kappa shape index (κ3) is 6.10. The van der Waals surface area contributed by atoms with E-state index in [1.807, 2.05) is 87.2 Å². The summed E-state index contributed by atoms with van der Waals surface area (Å²) in [6, 6.07) is 17.5. The van der Waals surface area contributed by atoms with Gasteiger partial charge in [0.05, 0.1) is 23.3 Å². The van der Waals surface area contributed by atoms with E-state index in [0.29, 0.717) is 37.7 Å². The highest BCUT2D eigenvalue weighted by atomic mass is 16.2. The normalized spacial score (nSPS) is 14.3. The summed E-state index contributed by atoms with van der Waals surface area (Å²) in [4.78, 5) is 35.0. The topological polar surface area (TPSA) is 95.4 Å². The van der Waals surface area contributed by atoms with Crippen LogP contribution in [0.1, 0.15) is 52.8 Å². The average Bonchev–Trinajstić information content (AvgIpc) is 3.37. The van der Waals surface area contributed by atoms with Gasteiger partial charge in [-0.2, -0.15) is 5.10 Å². The second kappa shape index (κ2) is 11.1. The second-order valence-electron chi connectivity index (χ2n) is 13.1. The van der Waals surface area contributed by atoms with Gasteiger partial charge in [0, 0.05) is 53.8 Å². The lowest BCUT2D eigenvalue weighted by Crippen LogP contribution is -2.51. The molecule has 3 amide bonds. The SMILES string of the molecule is Cc1ccc(-n2nc(C(C)(C)C)cc2NC(=O)Nc2cnc(N3CCN(C(=O)C(C)(C)C)CC3)c3ccccc23)cc1. The smallest absolute Gasteiger partial charge is 0.324 e. The molecule has 42 heavy (non-hydrogen) atoms. The van der Waals surface area contributed by atoms with E-state index >= 15 is 0 Å². The molecule has 1 aliphatic rings. The number of amides is 3. The van der Waals surface area contributed by atoms with Crippen LogP contribution in [0.4, 0.5) is 22.1 Å². The molecule has 0 aliphatic carbocycles. The summed E-state index contributed by atoms with van der Waals surface area (Å²) >= 11 is 0. The Morgan fingerprint density at radius 3 is 2.10 bits per heavy atom. The molecule has 1 saturated heterocycles. The second-order valence-corrected chi connectivity index (χ2v) is 13.1. The lowest BCUT2D eigenvalue weighted by Gasteiger charge is -2.38. The number of aromatic nitrogens is 3. The van der Waals surface area contributed by atoms with E-state index in [1.165, 1.54) is 0 Å². The fourth-order valence-electron chi connectivity index (χ4n) is 5.11. The number of carbonyl (C=O) groups is 2. The number of pyridine rings is 1. The summed E-state index contributed by atoms with van der Waals surface area (Å²) < 4.78 is 1.77. The highest BCUT2D eigenvalue weighted by molar-refractivity contribution is 6.08. The molecule has 1 fully saturated rings. The number of carbonyl (C=O) groups excluding carboxylic acids is 2. The number of nitrogens with zero attached hydrogens (tertiary/aromatic N) is 5. The summed E-state index contributed by atoms with van der Waals surface area (Å²) in [5.41, 5.74) is 2.92. The van der Waals surface area contributed by atoms with Gasteiger partial charge in [-0.3, -0.25) is 10.1 Å². The summed E-state index contributed by atoms with van der Waals surface area (Å²) in [5.74, 6) is 1.60. The molecule has 3 heterocycles. The average molecular weight is 568 g/mol. The molecule has 5 rings (SSSR count). The number of anilines is 3. The molecule has 2 N–H and O–H groups in total. The zero-order valence-electron chi connectivity index (χ0n) is 25.7. The molecule has 0 spiro atoms. The Labute approximate surface area is 247 Å².